The SMILES string of the molecule is CP(C)(=O)c1ccccc1CN=[N+]=[N-]. The minimum atomic E-state index is -2.28. The van der Waals surface area contributed by atoms with Gasteiger partial charge in [-0.05, 0) is 24.4 Å². The Morgan fingerprint density at radius 1 is 1.43 bits per heavy atom. The first-order chi connectivity index (χ1) is 6.55. The van der Waals surface area contributed by atoms with Gasteiger partial charge in [-0.1, -0.05) is 29.4 Å². The lowest BCUT2D eigenvalue weighted by molar-refractivity contribution is 0.588. The summed E-state index contributed by atoms with van der Waals surface area (Å²) in [7, 11) is -2.28. The first-order valence-electron chi connectivity index (χ1n) is 4.20. The number of hydrogen-bond donors (Lipinski definition) is 0. The molecule has 0 amide bonds. The lowest BCUT2D eigenvalue weighted by Crippen LogP contribution is -2.08. The van der Waals surface area contributed by atoms with E-state index in [0.29, 0.717) is 0 Å². The fourth-order valence-corrected chi connectivity index (χ4v) is 2.56. The summed E-state index contributed by atoms with van der Waals surface area (Å²) in [5.74, 6) is 0. The molecule has 0 saturated carbocycles. The van der Waals surface area contributed by atoms with Crippen LogP contribution in [0, 0.1) is 0 Å². The molecule has 0 aliphatic heterocycles. The predicted molar refractivity (Wildman–Crippen MR) is 58.4 cm³/mol. The summed E-state index contributed by atoms with van der Waals surface area (Å²) in [4.78, 5) is 2.69. The highest BCUT2D eigenvalue weighted by molar-refractivity contribution is 7.70. The van der Waals surface area contributed by atoms with Crippen LogP contribution in [0.25, 0.3) is 10.4 Å². The Morgan fingerprint density at radius 3 is 2.64 bits per heavy atom. The highest BCUT2D eigenvalue weighted by Gasteiger charge is 2.14. The van der Waals surface area contributed by atoms with Crippen LogP contribution >= 0.6 is 7.14 Å². The Morgan fingerprint density at radius 2 is 2.07 bits per heavy atom. The molecule has 0 aromatic heterocycles. The number of hydrogen-bond acceptors (Lipinski definition) is 2. The van der Waals surface area contributed by atoms with E-state index in [-0.39, 0.29) is 6.54 Å². The summed E-state index contributed by atoms with van der Waals surface area (Å²) in [6.45, 7) is 3.68. The molecule has 0 heterocycles. The molecular formula is C9H12N3OP. The van der Waals surface area contributed by atoms with Gasteiger partial charge >= 0.3 is 0 Å². The van der Waals surface area contributed by atoms with E-state index in [4.69, 9.17) is 5.53 Å². The summed E-state index contributed by atoms with van der Waals surface area (Å²) in [6.07, 6.45) is 0. The van der Waals surface area contributed by atoms with Gasteiger partial charge in [0, 0.05) is 10.2 Å². The molecule has 1 aromatic rings. The van der Waals surface area contributed by atoms with E-state index in [0.717, 1.165) is 10.9 Å². The quantitative estimate of drug-likeness (QED) is 0.326. The minimum absolute atomic E-state index is 0.262. The van der Waals surface area contributed by atoms with Crippen LogP contribution in [-0.4, -0.2) is 13.3 Å². The summed E-state index contributed by atoms with van der Waals surface area (Å²) in [5.41, 5.74) is 9.06. The fraction of sp³-hybridized carbons (Fsp3) is 0.333. The van der Waals surface area contributed by atoms with E-state index in [1.165, 1.54) is 0 Å². The lowest BCUT2D eigenvalue weighted by Gasteiger charge is -2.11. The van der Waals surface area contributed by atoms with Crippen molar-refractivity contribution in [1.29, 1.82) is 0 Å². The third-order valence-corrected chi connectivity index (χ3v) is 3.47. The van der Waals surface area contributed by atoms with Crippen LogP contribution in [0.1, 0.15) is 5.56 Å². The van der Waals surface area contributed by atoms with Crippen LogP contribution in [0.4, 0.5) is 0 Å². The molecule has 0 fully saturated rings. The molecule has 1 rings (SSSR count). The Kier molecular flexibility index (Phi) is 3.34. The van der Waals surface area contributed by atoms with E-state index < -0.39 is 7.14 Å². The van der Waals surface area contributed by atoms with Gasteiger partial charge < -0.3 is 4.57 Å². The molecule has 0 N–H and O–H groups in total. The van der Waals surface area contributed by atoms with Crippen molar-refractivity contribution in [2.24, 2.45) is 5.11 Å². The third kappa shape index (κ3) is 2.63. The molecule has 5 heteroatoms. The lowest BCUT2D eigenvalue weighted by atomic mass is 10.2. The molecule has 14 heavy (non-hydrogen) atoms. The van der Waals surface area contributed by atoms with Crippen LogP contribution in [-0.2, 0) is 11.1 Å². The van der Waals surface area contributed by atoms with Gasteiger partial charge in [-0.25, -0.2) is 0 Å². The van der Waals surface area contributed by atoms with E-state index in [1.807, 2.05) is 24.3 Å². The second-order valence-corrected chi connectivity index (χ2v) is 6.55. The molecule has 0 spiro atoms. The fourth-order valence-electron chi connectivity index (χ4n) is 1.28. The second kappa shape index (κ2) is 4.32. The zero-order chi connectivity index (χ0) is 10.6. The number of rotatable bonds is 3. The standard InChI is InChI=1S/C9H12N3OP/c1-14(2,13)9-6-4-3-5-8(9)7-11-12-10/h3-6H,7H2,1-2H3. The monoisotopic (exact) mass is 209 g/mol. The number of nitrogens with zero attached hydrogens (tertiary/aromatic N) is 3. The van der Waals surface area contributed by atoms with Gasteiger partial charge in [0.05, 0.1) is 6.54 Å². The smallest absolute Gasteiger partial charge is 0.110 e. The van der Waals surface area contributed by atoms with Crippen molar-refractivity contribution in [2.75, 3.05) is 13.3 Å². The van der Waals surface area contributed by atoms with Gasteiger partial charge in [0.1, 0.15) is 7.14 Å². The van der Waals surface area contributed by atoms with Gasteiger partial charge in [-0.15, -0.1) is 0 Å². The zero-order valence-corrected chi connectivity index (χ0v) is 9.11. The summed E-state index contributed by atoms with van der Waals surface area (Å²) >= 11 is 0. The maximum absolute atomic E-state index is 11.9. The molecule has 0 aliphatic carbocycles. The Balaban J connectivity index is 3.16. The molecule has 0 saturated heterocycles. The topological polar surface area (TPSA) is 65.8 Å². The molecule has 74 valence electrons. The average molecular weight is 209 g/mol. The maximum atomic E-state index is 11.9. The van der Waals surface area contributed by atoms with Crippen LogP contribution in [0.15, 0.2) is 29.4 Å². The summed E-state index contributed by atoms with van der Waals surface area (Å²) in [5, 5.41) is 4.27. The predicted octanol–water partition coefficient (Wildman–Crippen LogP) is 2.74. The van der Waals surface area contributed by atoms with Gasteiger partial charge in [0.15, 0.2) is 0 Å². The highest BCUT2D eigenvalue weighted by Crippen LogP contribution is 2.35. The Labute approximate surface area is 82.9 Å². The Hall–Kier alpha value is -1.24. The van der Waals surface area contributed by atoms with E-state index in [2.05, 4.69) is 10.0 Å². The largest absolute Gasteiger partial charge is 0.319 e. The molecule has 0 unspecified atom stereocenters. The third-order valence-electron chi connectivity index (χ3n) is 1.88. The van der Waals surface area contributed by atoms with Crippen molar-refractivity contribution in [3.8, 4) is 0 Å². The first kappa shape index (κ1) is 10.8. The van der Waals surface area contributed by atoms with Crippen molar-refractivity contribution in [3.05, 3.63) is 40.3 Å². The number of benzene rings is 1. The summed E-state index contributed by atoms with van der Waals surface area (Å²) in [6, 6.07) is 7.35. The van der Waals surface area contributed by atoms with Crippen molar-refractivity contribution >= 4 is 12.4 Å². The van der Waals surface area contributed by atoms with Crippen LogP contribution in [0.5, 0.6) is 0 Å². The second-order valence-electron chi connectivity index (χ2n) is 3.37. The van der Waals surface area contributed by atoms with Crippen molar-refractivity contribution in [1.82, 2.24) is 0 Å². The molecule has 0 aliphatic rings. The van der Waals surface area contributed by atoms with Crippen LogP contribution in [0.2, 0.25) is 0 Å². The maximum Gasteiger partial charge on any atom is 0.110 e. The highest BCUT2D eigenvalue weighted by atomic mass is 31.2. The van der Waals surface area contributed by atoms with E-state index >= 15 is 0 Å². The van der Waals surface area contributed by atoms with E-state index in [1.54, 1.807) is 13.3 Å². The first-order valence-corrected chi connectivity index (χ1v) is 6.80. The Bertz CT molecular complexity index is 418. The molecule has 0 bridgehead atoms. The van der Waals surface area contributed by atoms with Crippen molar-refractivity contribution < 1.29 is 4.57 Å². The molecule has 1 aromatic carbocycles. The molecular weight excluding hydrogens is 197 g/mol. The minimum Gasteiger partial charge on any atom is -0.319 e. The van der Waals surface area contributed by atoms with E-state index in [9.17, 15) is 4.57 Å². The molecule has 0 radical (unpaired) electrons. The number of azide groups is 1. The van der Waals surface area contributed by atoms with Gasteiger partial charge in [-0.2, -0.15) is 0 Å². The van der Waals surface area contributed by atoms with Crippen molar-refractivity contribution in [3.63, 3.8) is 0 Å². The van der Waals surface area contributed by atoms with Gasteiger partial charge in [-0.3, -0.25) is 0 Å². The van der Waals surface area contributed by atoms with Gasteiger partial charge in [0.25, 0.3) is 0 Å². The van der Waals surface area contributed by atoms with Gasteiger partial charge in [0.2, 0.25) is 0 Å². The molecule has 0 atom stereocenters. The zero-order valence-electron chi connectivity index (χ0n) is 8.21. The summed E-state index contributed by atoms with van der Waals surface area (Å²) < 4.78 is 11.9. The van der Waals surface area contributed by atoms with Crippen LogP contribution in [0.3, 0.4) is 0 Å². The van der Waals surface area contributed by atoms with Crippen molar-refractivity contribution in [2.45, 2.75) is 6.54 Å². The average Bonchev–Trinajstić information content (AvgIpc) is 2.14. The molecule has 4 nitrogen and oxygen atoms in total. The normalized spacial score (nSPS) is 10.7. The van der Waals surface area contributed by atoms with Crippen LogP contribution < -0.4 is 5.30 Å².